The fourth-order valence-corrected chi connectivity index (χ4v) is 5.37. The molecule has 0 saturated carbocycles. The number of hydrogen-bond acceptors (Lipinski definition) is 6. The lowest BCUT2D eigenvalue weighted by molar-refractivity contribution is -0.138. The number of hydrogen-bond donors (Lipinski definition) is 0. The summed E-state index contributed by atoms with van der Waals surface area (Å²) in [4.78, 5) is 15.9. The number of benzene rings is 2. The van der Waals surface area contributed by atoms with Gasteiger partial charge in [-0.15, -0.1) is 0 Å². The highest BCUT2D eigenvalue weighted by Gasteiger charge is 2.40. The predicted octanol–water partition coefficient (Wildman–Crippen LogP) is 4.65. The molecule has 196 valence electrons. The zero-order chi connectivity index (χ0) is 25.6. The van der Waals surface area contributed by atoms with Crippen LogP contribution in [0.5, 0.6) is 11.5 Å². The minimum absolute atomic E-state index is 0.0667. The summed E-state index contributed by atoms with van der Waals surface area (Å²) < 4.78 is 17.1. The lowest BCUT2D eigenvalue weighted by Gasteiger charge is -2.37. The minimum Gasteiger partial charge on any atom is -0.490 e. The molecule has 0 N–H and O–H groups in total. The molecule has 3 aliphatic rings. The number of nitrogens with zero attached hydrogens (tertiary/aromatic N) is 3. The standard InChI is InChI=1S/C30H37N3O4/c1-3-36-27-14-13-24(19-28(27)37-4-2)29-25-7-5-6-8-26(25)30(34)33(31-29)21-23-11-9-22(10-12-23)20-32-15-17-35-18-16-32/h5-6,9-14,19,25-26H,3-4,7-8,15-18,20-21H2,1-2H3. The van der Waals surface area contributed by atoms with Crippen LogP contribution in [0.25, 0.3) is 0 Å². The van der Waals surface area contributed by atoms with Gasteiger partial charge in [0.25, 0.3) is 0 Å². The molecule has 1 aliphatic carbocycles. The zero-order valence-electron chi connectivity index (χ0n) is 21.9. The van der Waals surface area contributed by atoms with Gasteiger partial charge in [-0.3, -0.25) is 9.69 Å². The van der Waals surface area contributed by atoms with Gasteiger partial charge in [0.1, 0.15) is 0 Å². The van der Waals surface area contributed by atoms with Crippen LogP contribution >= 0.6 is 0 Å². The van der Waals surface area contributed by atoms with Crippen LogP contribution in [0.1, 0.15) is 43.4 Å². The molecule has 2 aromatic rings. The molecule has 0 bridgehead atoms. The fourth-order valence-electron chi connectivity index (χ4n) is 5.37. The summed E-state index contributed by atoms with van der Waals surface area (Å²) in [5.41, 5.74) is 4.28. The molecule has 2 aliphatic heterocycles. The monoisotopic (exact) mass is 503 g/mol. The van der Waals surface area contributed by atoms with E-state index in [4.69, 9.17) is 19.3 Å². The van der Waals surface area contributed by atoms with E-state index < -0.39 is 0 Å². The van der Waals surface area contributed by atoms with E-state index in [-0.39, 0.29) is 17.7 Å². The number of allylic oxidation sites excluding steroid dienone is 2. The average Bonchev–Trinajstić information content (AvgIpc) is 2.93. The minimum atomic E-state index is -0.0970. The molecular weight excluding hydrogens is 466 g/mol. The lowest BCUT2D eigenvalue weighted by Crippen LogP contribution is -2.45. The number of morpholine rings is 1. The second kappa shape index (κ2) is 11.9. The molecule has 2 heterocycles. The lowest BCUT2D eigenvalue weighted by atomic mass is 9.76. The number of carbonyl (C=O) groups is 1. The van der Waals surface area contributed by atoms with Gasteiger partial charge in [-0.25, -0.2) is 5.01 Å². The van der Waals surface area contributed by atoms with Crippen molar-refractivity contribution in [1.29, 1.82) is 0 Å². The second-order valence-electron chi connectivity index (χ2n) is 9.77. The quantitative estimate of drug-likeness (QED) is 0.467. The van der Waals surface area contributed by atoms with Crippen molar-refractivity contribution >= 4 is 11.6 Å². The Kier molecular flexibility index (Phi) is 8.21. The third kappa shape index (κ3) is 5.89. The van der Waals surface area contributed by atoms with Gasteiger partial charge in [-0.05, 0) is 56.0 Å². The molecule has 1 saturated heterocycles. The number of carbonyl (C=O) groups excluding carboxylic acids is 1. The van der Waals surface area contributed by atoms with Gasteiger partial charge in [-0.1, -0.05) is 36.4 Å². The van der Waals surface area contributed by atoms with Crippen molar-refractivity contribution in [2.24, 2.45) is 16.9 Å². The third-order valence-corrected chi connectivity index (χ3v) is 7.29. The molecule has 2 atom stereocenters. The molecule has 0 aromatic heterocycles. The maximum Gasteiger partial charge on any atom is 0.247 e. The van der Waals surface area contributed by atoms with E-state index in [0.29, 0.717) is 25.5 Å². The van der Waals surface area contributed by atoms with E-state index in [1.54, 1.807) is 5.01 Å². The first kappa shape index (κ1) is 25.5. The topological polar surface area (TPSA) is 63.6 Å². The van der Waals surface area contributed by atoms with Crippen molar-refractivity contribution in [3.8, 4) is 11.5 Å². The predicted molar refractivity (Wildman–Crippen MR) is 144 cm³/mol. The number of hydrazone groups is 1. The number of amides is 1. The Balaban J connectivity index is 1.39. The summed E-state index contributed by atoms with van der Waals surface area (Å²) in [6, 6.07) is 14.6. The van der Waals surface area contributed by atoms with Crippen LogP contribution in [0.15, 0.2) is 59.7 Å². The van der Waals surface area contributed by atoms with E-state index in [9.17, 15) is 4.79 Å². The molecule has 1 fully saturated rings. The van der Waals surface area contributed by atoms with Crippen LogP contribution in [0.4, 0.5) is 0 Å². The van der Waals surface area contributed by atoms with Crippen LogP contribution in [0.2, 0.25) is 0 Å². The summed E-state index contributed by atoms with van der Waals surface area (Å²) in [5.74, 6) is 1.52. The molecule has 2 unspecified atom stereocenters. The molecule has 1 amide bonds. The van der Waals surface area contributed by atoms with E-state index in [0.717, 1.165) is 68.3 Å². The van der Waals surface area contributed by atoms with Crippen LogP contribution < -0.4 is 9.47 Å². The van der Waals surface area contributed by atoms with Crippen LogP contribution in [0.3, 0.4) is 0 Å². The largest absolute Gasteiger partial charge is 0.490 e. The molecule has 7 nitrogen and oxygen atoms in total. The molecule has 37 heavy (non-hydrogen) atoms. The smallest absolute Gasteiger partial charge is 0.247 e. The average molecular weight is 504 g/mol. The van der Waals surface area contributed by atoms with Crippen molar-refractivity contribution in [2.75, 3.05) is 39.5 Å². The van der Waals surface area contributed by atoms with Gasteiger partial charge in [0.15, 0.2) is 11.5 Å². The normalized spacial score (nSPS) is 21.9. The molecule has 7 heteroatoms. The Bertz CT molecular complexity index is 1140. The van der Waals surface area contributed by atoms with Gasteiger partial charge in [-0.2, -0.15) is 5.10 Å². The second-order valence-corrected chi connectivity index (χ2v) is 9.77. The molecular formula is C30H37N3O4. The van der Waals surface area contributed by atoms with Gasteiger partial charge in [0, 0.05) is 31.1 Å². The van der Waals surface area contributed by atoms with Crippen molar-refractivity contribution in [3.63, 3.8) is 0 Å². The van der Waals surface area contributed by atoms with E-state index >= 15 is 0 Å². The Labute approximate surface area is 219 Å². The first-order chi connectivity index (χ1) is 18.2. The highest BCUT2D eigenvalue weighted by atomic mass is 16.5. The van der Waals surface area contributed by atoms with Crippen LogP contribution in [-0.2, 0) is 22.6 Å². The summed E-state index contributed by atoms with van der Waals surface area (Å²) >= 11 is 0. The highest BCUT2D eigenvalue weighted by Crippen LogP contribution is 2.37. The summed E-state index contributed by atoms with van der Waals surface area (Å²) in [7, 11) is 0. The van der Waals surface area contributed by atoms with Crippen molar-refractivity contribution in [3.05, 3.63) is 71.3 Å². The third-order valence-electron chi connectivity index (χ3n) is 7.29. The fraction of sp³-hybridized carbons (Fsp3) is 0.467. The molecule has 5 rings (SSSR count). The Morgan fingerprint density at radius 1 is 0.865 bits per heavy atom. The van der Waals surface area contributed by atoms with Crippen LogP contribution in [0, 0.1) is 11.8 Å². The van der Waals surface area contributed by atoms with Gasteiger partial charge in [0.2, 0.25) is 5.91 Å². The number of ether oxygens (including phenoxy) is 3. The van der Waals surface area contributed by atoms with Crippen molar-refractivity contribution in [1.82, 2.24) is 9.91 Å². The molecule has 0 spiro atoms. The Hall–Kier alpha value is -3.16. The van der Waals surface area contributed by atoms with Crippen molar-refractivity contribution in [2.45, 2.75) is 39.8 Å². The summed E-state index contributed by atoms with van der Waals surface area (Å²) in [6.45, 7) is 9.97. The SMILES string of the molecule is CCOc1ccc(C2=NN(Cc3ccc(CN4CCOCC4)cc3)C(=O)C3CC=CCC23)cc1OCC. The summed E-state index contributed by atoms with van der Waals surface area (Å²) in [6.07, 6.45) is 5.86. The van der Waals surface area contributed by atoms with Crippen molar-refractivity contribution < 1.29 is 19.0 Å². The van der Waals surface area contributed by atoms with Gasteiger partial charge in [0.05, 0.1) is 44.6 Å². The zero-order valence-corrected chi connectivity index (χ0v) is 21.9. The first-order valence-electron chi connectivity index (χ1n) is 13.5. The van der Waals surface area contributed by atoms with E-state index in [1.807, 2.05) is 32.0 Å². The Morgan fingerprint density at radius 3 is 2.22 bits per heavy atom. The van der Waals surface area contributed by atoms with Gasteiger partial charge >= 0.3 is 0 Å². The number of rotatable bonds is 9. The number of fused-ring (bicyclic) bond motifs is 1. The summed E-state index contributed by atoms with van der Waals surface area (Å²) in [5, 5.41) is 6.62. The maximum absolute atomic E-state index is 13.5. The highest BCUT2D eigenvalue weighted by molar-refractivity contribution is 6.07. The van der Waals surface area contributed by atoms with Gasteiger partial charge < -0.3 is 14.2 Å². The molecule has 2 aromatic carbocycles. The first-order valence-corrected chi connectivity index (χ1v) is 13.5. The van der Waals surface area contributed by atoms with E-state index in [2.05, 4.69) is 41.3 Å². The molecule has 0 radical (unpaired) electrons. The van der Waals surface area contributed by atoms with E-state index in [1.165, 1.54) is 5.56 Å². The Morgan fingerprint density at radius 2 is 1.51 bits per heavy atom. The maximum atomic E-state index is 13.5. The van der Waals surface area contributed by atoms with Crippen LogP contribution in [-0.4, -0.2) is 61.0 Å².